The van der Waals surface area contributed by atoms with E-state index in [-0.39, 0.29) is 15.5 Å². The molecule has 2 aromatic rings. The molecule has 0 aliphatic heterocycles. The van der Waals surface area contributed by atoms with E-state index in [1.54, 1.807) is 12.1 Å². The standard InChI is InChI=1S/C11H7Br2NO4S2/c12-6-1-2-8(7(5-6)11(15)16)14-20(17,18)10-4-3-9(13)19-10/h1-5,14H,(H,15,16). The lowest BCUT2D eigenvalue weighted by atomic mass is 10.2. The van der Waals surface area contributed by atoms with Gasteiger partial charge in [0.1, 0.15) is 4.21 Å². The number of carbonyl (C=O) groups is 1. The van der Waals surface area contributed by atoms with E-state index < -0.39 is 16.0 Å². The molecule has 0 saturated heterocycles. The first-order valence-electron chi connectivity index (χ1n) is 5.10. The van der Waals surface area contributed by atoms with Crippen LogP contribution in [0.3, 0.4) is 0 Å². The summed E-state index contributed by atoms with van der Waals surface area (Å²) >= 11 is 7.37. The summed E-state index contributed by atoms with van der Waals surface area (Å²) in [6.45, 7) is 0. The van der Waals surface area contributed by atoms with E-state index in [2.05, 4.69) is 36.6 Å². The van der Waals surface area contributed by atoms with Crippen molar-refractivity contribution in [2.24, 2.45) is 0 Å². The number of benzene rings is 1. The molecule has 0 amide bonds. The highest BCUT2D eigenvalue weighted by Crippen LogP contribution is 2.29. The Balaban J connectivity index is 2.42. The van der Waals surface area contributed by atoms with Crippen molar-refractivity contribution in [3.05, 3.63) is 44.2 Å². The van der Waals surface area contributed by atoms with Gasteiger partial charge >= 0.3 is 5.97 Å². The first kappa shape index (κ1) is 15.5. The van der Waals surface area contributed by atoms with Gasteiger partial charge in [-0.2, -0.15) is 0 Å². The zero-order valence-corrected chi connectivity index (χ0v) is 14.4. The molecule has 0 aliphatic carbocycles. The first-order chi connectivity index (χ1) is 9.29. The van der Waals surface area contributed by atoms with Crippen molar-refractivity contribution in [1.82, 2.24) is 0 Å². The van der Waals surface area contributed by atoms with Crippen molar-refractivity contribution >= 4 is 64.9 Å². The van der Waals surface area contributed by atoms with E-state index in [0.29, 0.717) is 8.26 Å². The second-order valence-corrected chi connectivity index (χ2v) is 8.95. The van der Waals surface area contributed by atoms with Crippen molar-refractivity contribution in [3.63, 3.8) is 0 Å². The summed E-state index contributed by atoms with van der Waals surface area (Å²) in [7, 11) is -3.80. The topological polar surface area (TPSA) is 83.5 Å². The normalized spacial score (nSPS) is 11.3. The summed E-state index contributed by atoms with van der Waals surface area (Å²) < 4.78 is 27.9. The Morgan fingerprint density at radius 2 is 1.90 bits per heavy atom. The van der Waals surface area contributed by atoms with Crippen LogP contribution in [0.2, 0.25) is 0 Å². The zero-order chi connectivity index (χ0) is 14.9. The molecule has 0 atom stereocenters. The third-order valence-electron chi connectivity index (χ3n) is 2.27. The summed E-state index contributed by atoms with van der Waals surface area (Å²) in [4.78, 5) is 11.1. The van der Waals surface area contributed by atoms with Crippen LogP contribution in [0.5, 0.6) is 0 Å². The van der Waals surface area contributed by atoms with E-state index in [1.807, 2.05) is 0 Å². The fraction of sp³-hybridized carbons (Fsp3) is 0. The molecule has 0 aliphatic rings. The molecule has 20 heavy (non-hydrogen) atoms. The van der Waals surface area contributed by atoms with Gasteiger partial charge in [-0.3, -0.25) is 4.72 Å². The van der Waals surface area contributed by atoms with Crippen molar-refractivity contribution in [3.8, 4) is 0 Å². The van der Waals surface area contributed by atoms with Crippen LogP contribution in [-0.4, -0.2) is 19.5 Å². The molecular formula is C11H7Br2NO4S2. The number of hydrogen-bond donors (Lipinski definition) is 2. The number of rotatable bonds is 4. The lowest BCUT2D eigenvalue weighted by Crippen LogP contribution is -2.14. The zero-order valence-electron chi connectivity index (χ0n) is 9.63. The van der Waals surface area contributed by atoms with Crippen LogP contribution in [0.15, 0.2) is 42.8 Å². The average Bonchev–Trinajstić information content (AvgIpc) is 2.78. The maximum absolute atomic E-state index is 12.1. The summed E-state index contributed by atoms with van der Waals surface area (Å²) in [5.74, 6) is -1.21. The molecule has 0 saturated carbocycles. The molecule has 0 bridgehead atoms. The Labute approximate surface area is 135 Å². The molecule has 0 spiro atoms. The minimum absolute atomic E-state index is 0.0187. The first-order valence-corrected chi connectivity index (χ1v) is 8.99. The third kappa shape index (κ3) is 3.40. The van der Waals surface area contributed by atoms with Crippen LogP contribution >= 0.6 is 43.2 Å². The molecule has 0 unspecified atom stereocenters. The molecule has 0 radical (unpaired) electrons. The van der Waals surface area contributed by atoms with Gasteiger partial charge in [0, 0.05) is 4.47 Å². The largest absolute Gasteiger partial charge is 0.478 e. The third-order valence-corrected chi connectivity index (χ3v) is 6.24. The van der Waals surface area contributed by atoms with E-state index in [4.69, 9.17) is 5.11 Å². The maximum atomic E-state index is 12.1. The number of anilines is 1. The number of carboxylic acids is 1. The van der Waals surface area contributed by atoms with Gasteiger partial charge in [-0.1, -0.05) is 15.9 Å². The predicted octanol–water partition coefficient (Wildman–Crippen LogP) is 3.77. The van der Waals surface area contributed by atoms with E-state index >= 15 is 0 Å². The number of sulfonamides is 1. The Kier molecular flexibility index (Phi) is 4.52. The van der Waals surface area contributed by atoms with E-state index in [1.165, 1.54) is 18.2 Å². The molecule has 1 aromatic heterocycles. The van der Waals surface area contributed by atoms with Crippen LogP contribution in [0, 0.1) is 0 Å². The van der Waals surface area contributed by atoms with Crippen molar-refractivity contribution in [2.75, 3.05) is 4.72 Å². The lowest BCUT2D eigenvalue weighted by molar-refractivity contribution is 0.0698. The number of halogens is 2. The number of aromatic carboxylic acids is 1. The molecule has 5 nitrogen and oxygen atoms in total. The summed E-state index contributed by atoms with van der Waals surface area (Å²) in [6.07, 6.45) is 0. The maximum Gasteiger partial charge on any atom is 0.337 e. The van der Waals surface area contributed by atoms with Gasteiger partial charge in [-0.15, -0.1) is 11.3 Å². The Morgan fingerprint density at radius 3 is 2.45 bits per heavy atom. The molecule has 1 heterocycles. The molecule has 2 rings (SSSR count). The van der Waals surface area contributed by atoms with E-state index in [0.717, 1.165) is 11.3 Å². The van der Waals surface area contributed by atoms with Gasteiger partial charge in [-0.25, -0.2) is 13.2 Å². The van der Waals surface area contributed by atoms with Crippen LogP contribution in [0.4, 0.5) is 5.69 Å². The molecule has 1 aromatic carbocycles. The fourth-order valence-electron chi connectivity index (χ4n) is 1.42. The highest BCUT2D eigenvalue weighted by molar-refractivity contribution is 9.11. The van der Waals surface area contributed by atoms with Gasteiger partial charge in [0.05, 0.1) is 15.0 Å². The molecule has 9 heteroatoms. The predicted molar refractivity (Wildman–Crippen MR) is 83.9 cm³/mol. The molecular weight excluding hydrogens is 434 g/mol. The molecule has 2 N–H and O–H groups in total. The molecule has 0 fully saturated rings. The fourth-order valence-corrected chi connectivity index (χ4v) is 4.87. The van der Waals surface area contributed by atoms with E-state index in [9.17, 15) is 13.2 Å². The number of hydrogen-bond acceptors (Lipinski definition) is 4. The van der Waals surface area contributed by atoms with Crippen molar-refractivity contribution < 1.29 is 18.3 Å². The number of nitrogens with one attached hydrogen (secondary N) is 1. The Hall–Kier alpha value is -0.900. The average molecular weight is 441 g/mol. The smallest absolute Gasteiger partial charge is 0.337 e. The summed E-state index contributed by atoms with van der Waals surface area (Å²) in [5, 5.41) is 9.10. The Bertz CT molecular complexity index is 770. The van der Waals surface area contributed by atoms with Crippen molar-refractivity contribution in [1.29, 1.82) is 0 Å². The minimum Gasteiger partial charge on any atom is -0.478 e. The van der Waals surface area contributed by atoms with Gasteiger partial charge in [-0.05, 0) is 46.3 Å². The van der Waals surface area contributed by atoms with Gasteiger partial charge in [0.25, 0.3) is 10.0 Å². The van der Waals surface area contributed by atoms with Gasteiger partial charge in [0.15, 0.2) is 0 Å². The monoisotopic (exact) mass is 439 g/mol. The van der Waals surface area contributed by atoms with Gasteiger partial charge < -0.3 is 5.11 Å². The number of carboxylic acid groups (broad SMARTS) is 1. The van der Waals surface area contributed by atoms with Crippen LogP contribution in [-0.2, 0) is 10.0 Å². The number of thiophene rings is 1. The second-order valence-electron chi connectivity index (χ2n) is 3.66. The summed E-state index contributed by atoms with van der Waals surface area (Å²) in [5.41, 5.74) is -0.108. The molecule has 106 valence electrons. The summed E-state index contributed by atoms with van der Waals surface area (Å²) in [6, 6.07) is 7.35. The lowest BCUT2D eigenvalue weighted by Gasteiger charge is -2.09. The Morgan fingerprint density at radius 1 is 1.20 bits per heavy atom. The van der Waals surface area contributed by atoms with Gasteiger partial charge in [0.2, 0.25) is 0 Å². The van der Waals surface area contributed by atoms with Crippen LogP contribution < -0.4 is 4.72 Å². The SMILES string of the molecule is O=C(O)c1cc(Br)ccc1NS(=O)(=O)c1ccc(Br)s1. The highest BCUT2D eigenvalue weighted by atomic mass is 79.9. The second kappa shape index (κ2) is 5.84. The van der Waals surface area contributed by atoms with Crippen LogP contribution in [0.1, 0.15) is 10.4 Å². The highest BCUT2D eigenvalue weighted by Gasteiger charge is 2.20. The van der Waals surface area contributed by atoms with Crippen LogP contribution in [0.25, 0.3) is 0 Å². The minimum atomic E-state index is -3.80. The quantitative estimate of drug-likeness (QED) is 0.757. The van der Waals surface area contributed by atoms with Crippen molar-refractivity contribution in [2.45, 2.75) is 4.21 Å².